The largest absolute Gasteiger partial charge is 0.449 e. The minimum absolute atomic E-state index is 0.0264. The number of ether oxygens (including phenoxy) is 1. The van der Waals surface area contributed by atoms with E-state index in [0.717, 1.165) is 32.7 Å². The van der Waals surface area contributed by atoms with Crippen LogP contribution in [0.5, 0.6) is 0 Å². The summed E-state index contributed by atoms with van der Waals surface area (Å²) in [4.78, 5) is 40.4. The number of alkyl carbamates (subject to hydrolysis) is 1. The predicted molar refractivity (Wildman–Crippen MR) is 152 cm³/mol. The molecule has 0 spiro atoms. The first-order valence-corrected chi connectivity index (χ1v) is 13.1. The van der Waals surface area contributed by atoms with Crippen LogP contribution in [0.3, 0.4) is 0 Å². The number of carbonyl (C=O) groups excluding carboxylic acids is 3. The summed E-state index contributed by atoms with van der Waals surface area (Å²) in [6.45, 7) is 0.137. The van der Waals surface area contributed by atoms with Crippen molar-refractivity contribution in [1.82, 2.24) is 10.2 Å². The molecular weight excluding hydrogens is 508 g/mol. The van der Waals surface area contributed by atoms with Gasteiger partial charge in [-0.1, -0.05) is 103 Å². The predicted octanol–water partition coefficient (Wildman–Crippen LogP) is 5.76. The lowest BCUT2D eigenvalue weighted by Crippen LogP contribution is -2.50. The van der Waals surface area contributed by atoms with Crippen LogP contribution in [-0.2, 0) is 11.2 Å². The van der Waals surface area contributed by atoms with Gasteiger partial charge < -0.3 is 10.1 Å². The molecule has 1 atom stereocenters. The Morgan fingerprint density at radius 1 is 0.744 bits per heavy atom. The van der Waals surface area contributed by atoms with Crippen molar-refractivity contribution < 1.29 is 19.1 Å². The minimum Gasteiger partial charge on any atom is -0.449 e. The normalized spacial score (nSPS) is 14.4. The van der Waals surface area contributed by atoms with Crippen molar-refractivity contribution in [3.8, 4) is 11.1 Å². The summed E-state index contributed by atoms with van der Waals surface area (Å²) in [5, 5.41) is 2.83. The second-order valence-electron chi connectivity index (χ2n) is 9.54. The molecule has 1 heterocycles. The SMILES string of the molecule is O=C(N[C@@H](Cc1ccccc1)C(=S)N1C(=O)c2ccccc2C1=O)OCC1c2ccccc2-c2ccccc21. The van der Waals surface area contributed by atoms with Gasteiger partial charge in [0.05, 0.1) is 17.2 Å². The fourth-order valence-electron chi connectivity index (χ4n) is 5.38. The first-order chi connectivity index (χ1) is 19.0. The molecule has 1 aliphatic carbocycles. The van der Waals surface area contributed by atoms with Crippen LogP contribution in [0.2, 0.25) is 0 Å². The zero-order chi connectivity index (χ0) is 26.9. The molecule has 4 aromatic rings. The summed E-state index contributed by atoms with van der Waals surface area (Å²) in [5.41, 5.74) is 5.96. The topological polar surface area (TPSA) is 75.7 Å². The lowest BCUT2D eigenvalue weighted by atomic mass is 9.98. The number of amides is 3. The Hall–Kier alpha value is -4.62. The van der Waals surface area contributed by atoms with Gasteiger partial charge in [0.25, 0.3) is 11.8 Å². The highest BCUT2D eigenvalue weighted by Gasteiger charge is 2.40. The maximum atomic E-state index is 13.1. The molecule has 0 radical (unpaired) electrons. The number of imide groups is 1. The smallest absolute Gasteiger partial charge is 0.407 e. The highest BCUT2D eigenvalue weighted by Crippen LogP contribution is 2.44. The summed E-state index contributed by atoms with van der Waals surface area (Å²) >= 11 is 5.66. The molecule has 3 amide bonds. The van der Waals surface area contributed by atoms with Crippen LogP contribution >= 0.6 is 12.2 Å². The third-order valence-corrected chi connectivity index (χ3v) is 7.70. The molecule has 0 bridgehead atoms. The fourth-order valence-corrected chi connectivity index (χ4v) is 5.69. The number of nitrogens with zero attached hydrogens (tertiary/aromatic N) is 1. The highest BCUT2D eigenvalue weighted by molar-refractivity contribution is 7.80. The Kier molecular flexibility index (Phi) is 6.50. The number of hydrogen-bond acceptors (Lipinski definition) is 5. The van der Waals surface area contributed by atoms with Crippen LogP contribution in [0.25, 0.3) is 11.1 Å². The van der Waals surface area contributed by atoms with E-state index in [1.54, 1.807) is 24.3 Å². The molecule has 4 aromatic carbocycles. The lowest BCUT2D eigenvalue weighted by molar-refractivity contribution is 0.0744. The average Bonchev–Trinajstić information content (AvgIpc) is 3.43. The maximum Gasteiger partial charge on any atom is 0.407 e. The standard InChI is InChI=1S/C32H24N2O4S/c35-29-25-16-8-9-17-26(25)30(36)34(29)31(39)28(18-20-10-2-1-3-11-20)33-32(37)38-19-27-23-14-6-4-12-21(23)22-13-5-7-15-24(22)27/h1-17,27-28H,18-19H2,(H,33,37)/t28-/m0/s1. The fraction of sp³-hybridized carbons (Fsp3) is 0.125. The number of nitrogens with one attached hydrogen (secondary N) is 1. The molecule has 0 aromatic heterocycles. The van der Waals surface area contributed by atoms with E-state index in [2.05, 4.69) is 29.6 Å². The van der Waals surface area contributed by atoms with Crippen molar-refractivity contribution in [2.45, 2.75) is 18.4 Å². The van der Waals surface area contributed by atoms with Crippen LogP contribution in [-0.4, -0.2) is 40.4 Å². The van der Waals surface area contributed by atoms with E-state index in [0.29, 0.717) is 11.1 Å². The molecule has 192 valence electrons. The van der Waals surface area contributed by atoms with Crippen molar-refractivity contribution in [1.29, 1.82) is 0 Å². The molecule has 1 N–H and O–H groups in total. The van der Waals surface area contributed by atoms with Crippen LogP contribution in [0.15, 0.2) is 103 Å². The number of fused-ring (bicyclic) bond motifs is 4. The van der Waals surface area contributed by atoms with Crippen LogP contribution in [0.1, 0.15) is 43.3 Å². The lowest BCUT2D eigenvalue weighted by Gasteiger charge is -2.25. The molecule has 0 unspecified atom stereocenters. The van der Waals surface area contributed by atoms with E-state index in [9.17, 15) is 14.4 Å². The summed E-state index contributed by atoms with van der Waals surface area (Å²) in [7, 11) is 0. The second kappa shape index (κ2) is 10.3. The first-order valence-electron chi connectivity index (χ1n) is 12.7. The van der Waals surface area contributed by atoms with Gasteiger partial charge in [0, 0.05) is 5.92 Å². The third-order valence-electron chi connectivity index (χ3n) is 7.23. The summed E-state index contributed by atoms with van der Waals surface area (Å²) in [5.74, 6) is -1.08. The summed E-state index contributed by atoms with van der Waals surface area (Å²) < 4.78 is 5.74. The van der Waals surface area contributed by atoms with E-state index in [1.165, 1.54) is 0 Å². The maximum absolute atomic E-state index is 13.1. The van der Waals surface area contributed by atoms with Crippen molar-refractivity contribution >= 4 is 35.1 Å². The molecule has 2 aliphatic rings. The Morgan fingerprint density at radius 3 is 1.79 bits per heavy atom. The Bertz CT molecular complexity index is 1540. The monoisotopic (exact) mass is 532 g/mol. The van der Waals surface area contributed by atoms with Gasteiger partial charge in [-0.2, -0.15) is 0 Å². The molecule has 39 heavy (non-hydrogen) atoms. The quantitative estimate of drug-likeness (QED) is 0.252. The van der Waals surface area contributed by atoms with Gasteiger partial charge >= 0.3 is 6.09 Å². The van der Waals surface area contributed by atoms with E-state index >= 15 is 0 Å². The van der Waals surface area contributed by atoms with E-state index in [4.69, 9.17) is 17.0 Å². The Balaban J connectivity index is 1.21. The van der Waals surface area contributed by atoms with Gasteiger partial charge in [0.15, 0.2) is 0 Å². The highest BCUT2D eigenvalue weighted by atomic mass is 32.1. The number of thiocarbonyl (C=S) groups is 1. The van der Waals surface area contributed by atoms with Crippen LogP contribution < -0.4 is 5.32 Å². The average molecular weight is 533 g/mol. The summed E-state index contributed by atoms with van der Waals surface area (Å²) in [6.07, 6.45) is -0.381. The number of hydrogen-bond donors (Lipinski definition) is 1. The first kappa shape index (κ1) is 24.7. The molecule has 6 rings (SSSR count). The van der Waals surface area contributed by atoms with Gasteiger partial charge in [-0.25, -0.2) is 9.69 Å². The van der Waals surface area contributed by atoms with E-state index < -0.39 is 23.9 Å². The third kappa shape index (κ3) is 4.51. The van der Waals surface area contributed by atoms with E-state index in [1.807, 2.05) is 54.6 Å². The number of benzene rings is 4. The molecule has 1 aliphatic heterocycles. The minimum atomic E-state index is -0.819. The summed E-state index contributed by atoms with van der Waals surface area (Å²) in [6, 6.07) is 31.4. The molecule has 0 saturated carbocycles. The number of rotatable bonds is 6. The van der Waals surface area contributed by atoms with Crippen molar-refractivity contribution in [3.63, 3.8) is 0 Å². The van der Waals surface area contributed by atoms with Crippen molar-refractivity contribution in [2.24, 2.45) is 0 Å². The molecule has 0 fully saturated rings. The van der Waals surface area contributed by atoms with Crippen LogP contribution in [0, 0.1) is 0 Å². The van der Waals surface area contributed by atoms with Gasteiger partial charge in [-0.15, -0.1) is 0 Å². The Morgan fingerprint density at radius 2 is 1.23 bits per heavy atom. The molecule has 7 heteroatoms. The van der Waals surface area contributed by atoms with Crippen molar-refractivity contribution in [3.05, 3.63) is 131 Å². The van der Waals surface area contributed by atoms with E-state index in [-0.39, 0.29) is 23.9 Å². The van der Waals surface area contributed by atoms with Gasteiger partial charge in [0.1, 0.15) is 11.6 Å². The van der Waals surface area contributed by atoms with Gasteiger partial charge in [-0.05, 0) is 46.4 Å². The number of carbonyl (C=O) groups is 3. The zero-order valence-corrected chi connectivity index (χ0v) is 21.7. The Labute approximate surface area is 231 Å². The molecule has 0 saturated heterocycles. The van der Waals surface area contributed by atoms with Gasteiger partial charge in [-0.3, -0.25) is 9.59 Å². The molecular formula is C32H24N2O4S. The second-order valence-corrected chi connectivity index (χ2v) is 9.96. The van der Waals surface area contributed by atoms with Crippen LogP contribution in [0.4, 0.5) is 4.79 Å². The van der Waals surface area contributed by atoms with Crippen molar-refractivity contribution in [2.75, 3.05) is 6.61 Å². The molecule has 6 nitrogen and oxygen atoms in total. The zero-order valence-electron chi connectivity index (χ0n) is 20.9. The van der Waals surface area contributed by atoms with Gasteiger partial charge in [0.2, 0.25) is 0 Å².